The first kappa shape index (κ1) is 15.6. The molecule has 0 radical (unpaired) electrons. The molecule has 0 amide bonds. The molecule has 0 saturated heterocycles. The second-order valence-corrected chi connectivity index (χ2v) is 7.64. The van der Waals surface area contributed by atoms with E-state index < -0.39 is 0 Å². The summed E-state index contributed by atoms with van der Waals surface area (Å²) in [6.07, 6.45) is 4.04. The fourth-order valence-corrected chi connectivity index (χ4v) is 2.11. The zero-order valence-corrected chi connectivity index (χ0v) is 14.1. The van der Waals surface area contributed by atoms with Crippen molar-refractivity contribution in [2.24, 2.45) is 0 Å². The maximum Gasteiger partial charge on any atom is 0.0543 e. The molecule has 1 heterocycles. The molecule has 0 atom stereocenters. The average Bonchev–Trinajstić information content (AvgIpc) is 2.84. The van der Waals surface area contributed by atoms with Gasteiger partial charge in [0.2, 0.25) is 0 Å². The normalized spacial score (nSPS) is 12.5. The third-order valence-electron chi connectivity index (χ3n) is 3.57. The van der Waals surface area contributed by atoms with Gasteiger partial charge < -0.3 is 5.32 Å². The Hall–Kier alpha value is -1.77. The molecule has 0 spiro atoms. The van der Waals surface area contributed by atoms with E-state index in [9.17, 15) is 0 Å². The molecule has 3 heteroatoms. The van der Waals surface area contributed by atoms with Gasteiger partial charge in [0.25, 0.3) is 0 Å². The second kappa shape index (κ2) is 5.55. The maximum absolute atomic E-state index is 4.42. The molecule has 0 aliphatic rings. The van der Waals surface area contributed by atoms with Gasteiger partial charge in [-0.3, -0.25) is 4.68 Å². The number of hydrogen-bond donors (Lipinski definition) is 1. The predicted molar refractivity (Wildman–Crippen MR) is 89.7 cm³/mol. The third-order valence-corrected chi connectivity index (χ3v) is 3.57. The summed E-state index contributed by atoms with van der Waals surface area (Å²) >= 11 is 0. The zero-order chi connectivity index (χ0) is 15.7. The fraction of sp³-hybridized carbons (Fsp3) is 0.500. The monoisotopic (exact) mass is 285 g/mol. The van der Waals surface area contributed by atoms with Gasteiger partial charge in [-0.1, -0.05) is 32.9 Å². The van der Waals surface area contributed by atoms with E-state index in [1.54, 1.807) is 0 Å². The van der Waals surface area contributed by atoms with Crippen molar-refractivity contribution in [2.45, 2.75) is 59.0 Å². The van der Waals surface area contributed by atoms with Crippen LogP contribution in [0.4, 0.5) is 5.69 Å². The van der Waals surface area contributed by atoms with Crippen LogP contribution < -0.4 is 5.32 Å². The number of anilines is 1. The van der Waals surface area contributed by atoms with Gasteiger partial charge in [0, 0.05) is 24.0 Å². The summed E-state index contributed by atoms with van der Waals surface area (Å²) in [5.74, 6) is 0. The average molecular weight is 285 g/mol. The molecule has 1 N–H and O–H groups in total. The van der Waals surface area contributed by atoms with Crippen molar-refractivity contribution in [2.75, 3.05) is 5.32 Å². The Bertz CT molecular complexity index is 580. The lowest BCUT2D eigenvalue weighted by molar-refractivity contribution is 0.355. The first-order valence-corrected chi connectivity index (χ1v) is 7.55. The van der Waals surface area contributed by atoms with Crippen molar-refractivity contribution in [1.82, 2.24) is 9.78 Å². The Morgan fingerprint density at radius 2 is 1.62 bits per heavy atom. The Balaban J connectivity index is 1.99. The quantitative estimate of drug-likeness (QED) is 0.896. The van der Waals surface area contributed by atoms with Crippen LogP contribution in [0, 0.1) is 0 Å². The lowest BCUT2D eigenvalue weighted by atomic mass is 9.87. The van der Waals surface area contributed by atoms with Crippen molar-refractivity contribution in [3.8, 4) is 0 Å². The van der Waals surface area contributed by atoms with E-state index in [1.807, 2.05) is 10.9 Å². The molecule has 114 valence electrons. The third kappa shape index (κ3) is 4.10. The minimum atomic E-state index is 0.0343. The van der Waals surface area contributed by atoms with Crippen molar-refractivity contribution >= 4 is 5.69 Å². The van der Waals surface area contributed by atoms with Crippen molar-refractivity contribution in [3.05, 3.63) is 47.8 Å². The molecule has 3 nitrogen and oxygen atoms in total. The predicted octanol–water partition coefficient (Wildman–Crippen LogP) is 4.55. The van der Waals surface area contributed by atoms with Gasteiger partial charge in [-0.25, -0.2) is 0 Å². The van der Waals surface area contributed by atoms with Crippen LogP contribution in [0.2, 0.25) is 0 Å². The summed E-state index contributed by atoms with van der Waals surface area (Å²) in [6, 6.07) is 8.69. The van der Waals surface area contributed by atoms with Crippen LogP contribution in [0.25, 0.3) is 0 Å². The number of rotatable bonds is 3. The fourth-order valence-electron chi connectivity index (χ4n) is 2.11. The number of benzene rings is 1. The number of nitrogens with zero attached hydrogens (tertiary/aromatic N) is 2. The van der Waals surface area contributed by atoms with Gasteiger partial charge in [0.05, 0.1) is 11.7 Å². The highest BCUT2D eigenvalue weighted by Crippen LogP contribution is 2.23. The molecule has 0 unspecified atom stereocenters. The van der Waals surface area contributed by atoms with Gasteiger partial charge in [-0.15, -0.1) is 0 Å². The van der Waals surface area contributed by atoms with Crippen LogP contribution in [0.15, 0.2) is 36.7 Å². The molecule has 21 heavy (non-hydrogen) atoms. The molecule has 0 bridgehead atoms. The van der Waals surface area contributed by atoms with E-state index in [1.165, 1.54) is 11.1 Å². The lowest BCUT2D eigenvalue weighted by Crippen LogP contribution is -2.21. The Kier molecular flexibility index (Phi) is 4.13. The van der Waals surface area contributed by atoms with Crippen LogP contribution in [0.1, 0.15) is 52.7 Å². The molecular formula is C18H27N3. The van der Waals surface area contributed by atoms with E-state index in [4.69, 9.17) is 0 Å². The Morgan fingerprint density at radius 3 is 2.10 bits per heavy atom. The SMILES string of the molecule is CC(C)(C)c1ccc(NCc2cnn(C(C)(C)C)c2)cc1. The molecule has 1 aromatic heterocycles. The lowest BCUT2D eigenvalue weighted by Gasteiger charge is -2.19. The van der Waals surface area contributed by atoms with Gasteiger partial charge in [-0.05, 0) is 43.9 Å². The largest absolute Gasteiger partial charge is 0.381 e. The molecule has 0 saturated carbocycles. The first-order valence-electron chi connectivity index (χ1n) is 7.55. The summed E-state index contributed by atoms with van der Waals surface area (Å²) in [7, 11) is 0. The minimum absolute atomic E-state index is 0.0343. The summed E-state index contributed by atoms with van der Waals surface area (Å²) < 4.78 is 2.01. The van der Waals surface area contributed by atoms with Crippen molar-refractivity contribution in [1.29, 1.82) is 0 Å². The van der Waals surface area contributed by atoms with E-state index in [0.717, 1.165) is 12.2 Å². The van der Waals surface area contributed by atoms with E-state index in [0.29, 0.717) is 0 Å². The van der Waals surface area contributed by atoms with Crippen molar-refractivity contribution in [3.63, 3.8) is 0 Å². The van der Waals surface area contributed by atoms with Crippen LogP contribution in [0.3, 0.4) is 0 Å². The molecule has 2 rings (SSSR count). The van der Waals surface area contributed by atoms with E-state index in [-0.39, 0.29) is 11.0 Å². The number of hydrogen-bond acceptors (Lipinski definition) is 2. The minimum Gasteiger partial charge on any atom is -0.381 e. The Morgan fingerprint density at radius 1 is 1.00 bits per heavy atom. The first-order chi connectivity index (χ1) is 9.66. The molecule has 0 aliphatic carbocycles. The smallest absolute Gasteiger partial charge is 0.0543 e. The second-order valence-electron chi connectivity index (χ2n) is 7.64. The molecule has 1 aromatic carbocycles. The zero-order valence-electron chi connectivity index (χ0n) is 14.1. The van der Waals surface area contributed by atoms with Crippen LogP contribution in [-0.4, -0.2) is 9.78 Å². The van der Waals surface area contributed by atoms with Gasteiger partial charge in [-0.2, -0.15) is 5.10 Å². The highest BCUT2D eigenvalue weighted by molar-refractivity contribution is 5.46. The molecule has 2 aromatic rings. The van der Waals surface area contributed by atoms with Gasteiger partial charge >= 0.3 is 0 Å². The summed E-state index contributed by atoms with van der Waals surface area (Å²) in [4.78, 5) is 0. The molecular weight excluding hydrogens is 258 g/mol. The highest BCUT2D eigenvalue weighted by atomic mass is 15.3. The van der Waals surface area contributed by atoms with Gasteiger partial charge in [0.15, 0.2) is 0 Å². The topological polar surface area (TPSA) is 29.9 Å². The van der Waals surface area contributed by atoms with Crippen molar-refractivity contribution < 1.29 is 0 Å². The maximum atomic E-state index is 4.42. The summed E-state index contributed by atoms with van der Waals surface area (Å²) in [5.41, 5.74) is 3.93. The van der Waals surface area contributed by atoms with Crippen LogP contribution in [-0.2, 0) is 17.5 Å². The van der Waals surface area contributed by atoms with E-state index >= 15 is 0 Å². The standard InChI is InChI=1S/C18H27N3/c1-17(2,3)15-7-9-16(10-8-15)19-11-14-12-20-21(13-14)18(4,5)6/h7-10,12-13,19H,11H2,1-6H3. The number of aromatic nitrogens is 2. The Labute approximate surface area is 128 Å². The summed E-state index contributed by atoms with van der Waals surface area (Å²) in [5, 5.41) is 7.87. The molecule has 0 aliphatic heterocycles. The molecule has 0 fully saturated rings. The van der Waals surface area contributed by atoms with Gasteiger partial charge in [0.1, 0.15) is 0 Å². The van der Waals surface area contributed by atoms with E-state index in [2.05, 4.69) is 82.4 Å². The number of nitrogens with one attached hydrogen (secondary N) is 1. The summed E-state index contributed by atoms with van der Waals surface area (Å²) in [6.45, 7) is 14.0. The van der Waals surface area contributed by atoms with Crippen LogP contribution in [0.5, 0.6) is 0 Å². The van der Waals surface area contributed by atoms with Crippen LogP contribution >= 0.6 is 0 Å². The highest BCUT2D eigenvalue weighted by Gasteiger charge is 2.14.